The largest absolute Gasteiger partial charge is 0.361 e. The third-order valence-electron chi connectivity index (χ3n) is 3.72. The smallest absolute Gasteiger partial charge is 0.271 e. The summed E-state index contributed by atoms with van der Waals surface area (Å²) >= 11 is 0. The van der Waals surface area contributed by atoms with Crippen molar-refractivity contribution in [3.05, 3.63) is 41.3 Å². The second kappa shape index (κ2) is 6.23. The van der Waals surface area contributed by atoms with Gasteiger partial charge in [-0.1, -0.05) is 5.16 Å². The van der Waals surface area contributed by atoms with Gasteiger partial charge in [0.05, 0.1) is 6.20 Å². The lowest BCUT2D eigenvalue weighted by Gasteiger charge is -2.22. The molecular weight excluding hydrogens is 282 g/mol. The van der Waals surface area contributed by atoms with Gasteiger partial charge in [0.15, 0.2) is 0 Å². The number of carbonyl (C=O) groups excluding carboxylic acids is 1. The first-order valence-electron chi connectivity index (χ1n) is 7.31. The molecule has 0 fully saturated rings. The van der Waals surface area contributed by atoms with E-state index in [0.29, 0.717) is 5.69 Å². The molecule has 0 saturated carbocycles. The van der Waals surface area contributed by atoms with Gasteiger partial charge in [0.25, 0.3) is 5.91 Å². The van der Waals surface area contributed by atoms with Gasteiger partial charge in [-0.15, -0.1) is 0 Å². The van der Waals surface area contributed by atoms with Crippen LogP contribution in [0.5, 0.6) is 0 Å². The Labute approximate surface area is 128 Å². The molecule has 1 N–H and O–H groups in total. The van der Waals surface area contributed by atoms with Gasteiger partial charge in [0.2, 0.25) is 0 Å². The van der Waals surface area contributed by atoms with E-state index in [1.165, 1.54) is 12.4 Å². The van der Waals surface area contributed by atoms with Crippen LogP contribution in [0.2, 0.25) is 0 Å². The Morgan fingerprint density at radius 1 is 1.45 bits per heavy atom. The molecule has 1 aliphatic rings. The van der Waals surface area contributed by atoms with Crippen molar-refractivity contribution < 1.29 is 9.32 Å². The standard InChI is InChI=1S/C15H19N5O2/c1-20(2)9-13-11-7-10(3-4-14(11)22-19-13)18-15(21)12-8-16-5-6-17-12/h5-6,8,10H,3-4,7,9H2,1-2H3,(H,18,21). The molecule has 0 spiro atoms. The predicted octanol–water partition coefficient (Wildman–Crippen LogP) is 0.813. The normalized spacial score (nSPS) is 17.3. The monoisotopic (exact) mass is 301 g/mol. The minimum atomic E-state index is -0.188. The van der Waals surface area contributed by atoms with E-state index in [-0.39, 0.29) is 11.9 Å². The van der Waals surface area contributed by atoms with Crippen LogP contribution in [0.3, 0.4) is 0 Å². The summed E-state index contributed by atoms with van der Waals surface area (Å²) in [6, 6.07) is 0.0716. The highest BCUT2D eigenvalue weighted by Gasteiger charge is 2.27. The summed E-state index contributed by atoms with van der Waals surface area (Å²) in [5.41, 5.74) is 2.43. The molecule has 0 radical (unpaired) electrons. The Balaban J connectivity index is 1.69. The van der Waals surface area contributed by atoms with Gasteiger partial charge in [-0.3, -0.25) is 9.78 Å². The number of nitrogens with zero attached hydrogens (tertiary/aromatic N) is 4. The van der Waals surface area contributed by atoms with Crippen molar-refractivity contribution in [1.29, 1.82) is 0 Å². The molecule has 0 saturated heterocycles. The Bertz CT molecular complexity index is 653. The molecule has 116 valence electrons. The van der Waals surface area contributed by atoms with Crippen molar-refractivity contribution in [1.82, 2.24) is 25.3 Å². The zero-order chi connectivity index (χ0) is 15.5. The second-order valence-electron chi connectivity index (χ2n) is 5.77. The van der Waals surface area contributed by atoms with Gasteiger partial charge in [0, 0.05) is 37.0 Å². The van der Waals surface area contributed by atoms with E-state index in [9.17, 15) is 4.79 Å². The van der Waals surface area contributed by atoms with Crippen LogP contribution >= 0.6 is 0 Å². The van der Waals surface area contributed by atoms with Crippen molar-refractivity contribution in [3.63, 3.8) is 0 Å². The molecule has 2 aromatic heterocycles. The van der Waals surface area contributed by atoms with E-state index in [0.717, 1.165) is 42.8 Å². The van der Waals surface area contributed by atoms with E-state index in [1.54, 1.807) is 6.20 Å². The molecule has 1 amide bonds. The highest BCUT2D eigenvalue weighted by Crippen LogP contribution is 2.25. The molecule has 0 aromatic carbocycles. The molecule has 1 unspecified atom stereocenters. The Kier molecular flexibility index (Phi) is 4.15. The zero-order valence-corrected chi connectivity index (χ0v) is 12.7. The van der Waals surface area contributed by atoms with E-state index in [1.807, 2.05) is 14.1 Å². The van der Waals surface area contributed by atoms with Crippen LogP contribution in [0.15, 0.2) is 23.1 Å². The van der Waals surface area contributed by atoms with Gasteiger partial charge >= 0.3 is 0 Å². The molecule has 1 aliphatic carbocycles. The van der Waals surface area contributed by atoms with Crippen molar-refractivity contribution >= 4 is 5.91 Å². The Morgan fingerprint density at radius 3 is 3.05 bits per heavy atom. The molecule has 7 heteroatoms. The quantitative estimate of drug-likeness (QED) is 0.900. The number of hydrogen-bond acceptors (Lipinski definition) is 6. The van der Waals surface area contributed by atoms with Crippen LogP contribution in [0, 0.1) is 0 Å². The summed E-state index contributed by atoms with van der Waals surface area (Å²) in [6.07, 6.45) is 6.92. The molecule has 2 heterocycles. The minimum absolute atomic E-state index is 0.0716. The summed E-state index contributed by atoms with van der Waals surface area (Å²) < 4.78 is 5.41. The molecule has 1 atom stereocenters. The molecular formula is C15H19N5O2. The van der Waals surface area contributed by atoms with E-state index in [2.05, 4.69) is 25.3 Å². The van der Waals surface area contributed by atoms with E-state index in [4.69, 9.17) is 4.52 Å². The van der Waals surface area contributed by atoms with Gasteiger partial charge in [0.1, 0.15) is 17.1 Å². The number of amides is 1. The first kappa shape index (κ1) is 14.6. The van der Waals surface area contributed by atoms with Crippen molar-refractivity contribution in [2.75, 3.05) is 14.1 Å². The molecule has 7 nitrogen and oxygen atoms in total. The lowest BCUT2D eigenvalue weighted by Crippen LogP contribution is -2.39. The summed E-state index contributed by atoms with van der Waals surface area (Å²) in [5, 5.41) is 7.18. The van der Waals surface area contributed by atoms with Gasteiger partial charge in [-0.2, -0.15) is 0 Å². The second-order valence-corrected chi connectivity index (χ2v) is 5.77. The van der Waals surface area contributed by atoms with Gasteiger partial charge in [-0.05, 0) is 26.9 Å². The van der Waals surface area contributed by atoms with Crippen LogP contribution in [-0.2, 0) is 19.4 Å². The Morgan fingerprint density at radius 2 is 2.32 bits per heavy atom. The maximum absolute atomic E-state index is 12.2. The number of aromatic nitrogens is 3. The molecule has 0 aliphatic heterocycles. The fourth-order valence-electron chi connectivity index (χ4n) is 2.69. The molecule has 3 rings (SSSR count). The summed E-state index contributed by atoms with van der Waals surface area (Å²) in [5.74, 6) is 0.758. The third kappa shape index (κ3) is 3.14. The number of rotatable bonds is 4. The zero-order valence-electron chi connectivity index (χ0n) is 12.7. The fraction of sp³-hybridized carbons (Fsp3) is 0.467. The SMILES string of the molecule is CN(C)Cc1noc2c1CC(NC(=O)c1cnccn1)CC2. The topological polar surface area (TPSA) is 84.2 Å². The van der Waals surface area contributed by atoms with Crippen LogP contribution in [0.4, 0.5) is 0 Å². The summed E-state index contributed by atoms with van der Waals surface area (Å²) in [6.45, 7) is 0.740. The highest BCUT2D eigenvalue weighted by atomic mass is 16.5. The average molecular weight is 301 g/mol. The number of hydrogen-bond donors (Lipinski definition) is 1. The summed E-state index contributed by atoms with van der Waals surface area (Å²) in [4.78, 5) is 22.2. The number of aryl methyl sites for hydroxylation is 1. The minimum Gasteiger partial charge on any atom is -0.361 e. The molecule has 0 bridgehead atoms. The third-order valence-corrected chi connectivity index (χ3v) is 3.72. The summed E-state index contributed by atoms with van der Waals surface area (Å²) in [7, 11) is 3.99. The fourth-order valence-corrected chi connectivity index (χ4v) is 2.69. The van der Waals surface area contributed by atoms with Crippen molar-refractivity contribution in [3.8, 4) is 0 Å². The number of fused-ring (bicyclic) bond motifs is 1. The van der Waals surface area contributed by atoms with Crippen LogP contribution < -0.4 is 5.32 Å². The first-order chi connectivity index (χ1) is 10.6. The van der Waals surface area contributed by atoms with Crippen molar-refractivity contribution in [2.45, 2.75) is 31.8 Å². The average Bonchev–Trinajstić information content (AvgIpc) is 2.90. The lowest BCUT2D eigenvalue weighted by molar-refractivity contribution is 0.0927. The maximum atomic E-state index is 12.2. The van der Waals surface area contributed by atoms with Crippen molar-refractivity contribution in [2.24, 2.45) is 0 Å². The number of carbonyl (C=O) groups is 1. The maximum Gasteiger partial charge on any atom is 0.271 e. The van der Waals surface area contributed by atoms with Crippen LogP contribution in [0.25, 0.3) is 0 Å². The highest BCUT2D eigenvalue weighted by molar-refractivity contribution is 5.92. The van der Waals surface area contributed by atoms with Crippen LogP contribution in [0.1, 0.15) is 33.9 Å². The molecule has 22 heavy (non-hydrogen) atoms. The number of nitrogens with one attached hydrogen (secondary N) is 1. The van der Waals surface area contributed by atoms with Crippen LogP contribution in [-0.4, -0.2) is 46.1 Å². The van der Waals surface area contributed by atoms with E-state index < -0.39 is 0 Å². The predicted molar refractivity (Wildman–Crippen MR) is 79.2 cm³/mol. The lowest BCUT2D eigenvalue weighted by atomic mass is 9.92. The van der Waals surface area contributed by atoms with Gasteiger partial charge in [-0.25, -0.2) is 4.98 Å². The van der Waals surface area contributed by atoms with Gasteiger partial charge < -0.3 is 14.7 Å². The van der Waals surface area contributed by atoms with E-state index >= 15 is 0 Å². The molecule has 2 aromatic rings. The Hall–Kier alpha value is -2.28. The first-order valence-corrected chi connectivity index (χ1v) is 7.31.